The summed E-state index contributed by atoms with van der Waals surface area (Å²) in [6.07, 6.45) is 5.31. The summed E-state index contributed by atoms with van der Waals surface area (Å²) in [4.78, 5) is 26.3. The number of rotatable bonds is 2. The highest BCUT2D eigenvalue weighted by Crippen LogP contribution is 2.30. The molecule has 0 bridgehead atoms. The number of carbonyl (C=O) groups is 2. The Morgan fingerprint density at radius 3 is 2.94 bits per heavy atom. The normalized spacial score (nSPS) is 20.4. The Morgan fingerprint density at radius 1 is 1.50 bits per heavy atom. The molecule has 1 N–H and O–H groups in total. The van der Waals surface area contributed by atoms with Crippen molar-refractivity contribution in [3.63, 3.8) is 0 Å². The molecule has 1 unspecified atom stereocenters. The van der Waals surface area contributed by atoms with Crippen molar-refractivity contribution < 1.29 is 14.7 Å². The summed E-state index contributed by atoms with van der Waals surface area (Å²) in [5.41, 5.74) is 1.28. The van der Waals surface area contributed by atoms with Gasteiger partial charge < -0.3 is 5.11 Å². The molecule has 1 atom stereocenters. The van der Waals surface area contributed by atoms with Crippen LogP contribution in [0.5, 0.6) is 0 Å². The third kappa shape index (κ3) is 2.00. The van der Waals surface area contributed by atoms with Gasteiger partial charge in [0, 0.05) is 18.8 Å². The van der Waals surface area contributed by atoms with E-state index in [1.165, 1.54) is 6.08 Å². The highest BCUT2D eigenvalue weighted by molar-refractivity contribution is 6.03. The highest BCUT2D eigenvalue weighted by Gasteiger charge is 2.28. The molecule has 1 aliphatic rings. The van der Waals surface area contributed by atoms with E-state index < -0.39 is 11.9 Å². The molecule has 1 aromatic heterocycles. The van der Waals surface area contributed by atoms with Crippen molar-refractivity contribution in [3.8, 4) is 0 Å². The molecule has 2 rings (SSSR count). The molecule has 0 aromatic carbocycles. The topological polar surface area (TPSA) is 67.3 Å². The van der Waals surface area contributed by atoms with Gasteiger partial charge in [0.25, 0.3) is 0 Å². The third-order valence-electron chi connectivity index (χ3n) is 2.66. The summed E-state index contributed by atoms with van der Waals surface area (Å²) in [7, 11) is 0. The summed E-state index contributed by atoms with van der Waals surface area (Å²) < 4.78 is 0. The van der Waals surface area contributed by atoms with Gasteiger partial charge >= 0.3 is 5.97 Å². The van der Waals surface area contributed by atoms with Crippen molar-refractivity contribution in [2.75, 3.05) is 0 Å². The average Bonchev–Trinajstić information content (AvgIpc) is 2.29. The number of hydrogen-bond donors (Lipinski definition) is 1. The monoisotopic (exact) mass is 217 g/mol. The molecule has 0 amide bonds. The van der Waals surface area contributed by atoms with E-state index in [0.29, 0.717) is 24.0 Å². The average molecular weight is 217 g/mol. The number of allylic oxidation sites excluding steroid dienone is 1. The van der Waals surface area contributed by atoms with Crippen molar-refractivity contribution >= 4 is 17.3 Å². The standard InChI is InChI=1S/C12H11NO3/c14-9-3-4-10(12(15)16)11(6-9)8-2-1-5-13-7-8/h1-2,5-7,10H,3-4H2,(H,15,16). The maximum Gasteiger partial charge on any atom is 0.311 e. The first-order chi connectivity index (χ1) is 7.68. The largest absolute Gasteiger partial charge is 0.481 e. The lowest BCUT2D eigenvalue weighted by molar-refractivity contribution is -0.140. The maximum atomic E-state index is 11.3. The lowest BCUT2D eigenvalue weighted by atomic mass is 9.84. The first-order valence-corrected chi connectivity index (χ1v) is 5.06. The molecule has 1 aromatic rings. The number of carboxylic acid groups (broad SMARTS) is 1. The Bertz CT molecular complexity index is 451. The van der Waals surface area contributed by atoms with Crippen LogP contribution in [0.3, 0.4) is 0 Å². The fraction of sp³-hybridized carbons (Fsp3) is 0.250. The van der Waals surface area contributed by atoms with Crippen LogP contribution in [0, 0.1) is 5.92 Å². The number of ketones is 1. The minimum Gasteiger partial charge on any atom is -0.481 e. The number of carbonyl (C=O) groups excluding carboxylic acids is 1. The van der Waals surface area contributed by atoms with E-state index in [4.69, 9.17) is 5.11 Å². The van der Waals surface area contributed by atoms with Crippen molar-refractivity contribution in [1.29, 1.82) is 0 Å². The Kier molecular flexibility index (Phi) is 2.81. The fourth-order valence-corrected chi connectivity index (χ4v) is 1.86. The van der Waals surface area contributed by atoms with Gasteiger partial charge in [-0.1, -0.05) is 6.07 Å². The molecule has 0 radical (unpaired) electrons. The van der Waals surface area contributed by atoms with Crippen molar-refractivity contribution in [2.45, 2.75) is 12.8 Å². The van der Waals surface area contributed by atoms with E-state index >= 15 is 0 Å². The van der Waals surface area contributed by atoms with Crippen LogP contribution in [-0.4, -0.2) is 21.8 Å². The van der Waals surface area contributed by atoms with Crippen LogP contribution < -0.4 is 0 Å². The highest BCUT2D eigenvalue weighted by atomic mass is 16.4. The molecule has 0 aliphatic heterocycles. The number of hydrogen-bond acceptors (Lipinski definition) is 3. The molecule has 82 valence electrons. The Morgan fingerprint density at radius 2 is 2.31 bits per heavy atom. The Balaban J connectivity index is 2.42. The van der Waals surface area contributed by atoms with Crippen LogP contribution in [0.2, 0.25) is 0 Å². The van der Waals surface area contributed by atoms with E-state index in [-0.39, 0.29) is 5.78 Å². The van der Waals surface area contributed by atoms with Gasteiger partial charge in [-0.15, -0.1) is 0 Å². The quantitative estimate of drug-likeness (QED) is 0.815. The molecule has 16 heavy (non-hydrogen) atoms. The number of nitrogens with zero attached hydrogens (tertiary/aromatic N) is 1. The summed E-state index contributed by atoms with van der Waals surface area (Å²) in [5, 5.41) is 9.08. The van der Waals surface area contributed by atoms with Crippen LogP contribution in [0.4, 0.5) is 0 Å². The molecule has 4 heteroatoms. The van der Waals surface area contributed by atoms with Crippen molar-refractivity contribution in [2.24, 2.45) is 5.92 Å². The second-order valence-electron chi connectivity index (χ2n) is 3.74. The summed E-state index contributed by atoms with van der Waals surface area (Å²) in [6, 6.07) is 3.50. The van der Waals surface area contributed by atoms with Crippen LogP contribution >= 0.6 is 0 Å². The molecule has 0 saturated carbocycles. The van der Waals surface area contributed by atoms with Crippen molar-refractivity contribution in [3.05, 3.63) is 36.2 Å². The predicted molar refractivity (Wildman–Crippen MR) is 57.6 cm³/mol. The third-order valence-corrected chi connectivity index (χ3v) is 2.66. The van der Waals surface area contributed by atoms with Gasteiger partial charge in [-0.25, -0.2) is 0 Å². The first-order valence-electron chi connectivity index (χ1n) is 5.06. The van der Waals surface area contributed by atoms with Crippen LogP contribution in [0.1, 0.15) is 18.4 Å². The molecule has 1 heterocycles. The number of carboxylic acids is 1. The van der Waals surface area contributed by atoms with Crippen molar-refractivity contribution in [1.82, 2.24) is 4.98 Å². The van der Waals surface area contributed by atoms with Gasteiger partial charge in [0.05, 0.1) is 5.92 Å². The second-order valence-corrected chi connectivity index (χ2v) is 3.74. The molecule has 0 spiro atoms. The SMILES string of the molecule is O=C1C=C(c2cccnc2)C(C(=O)O)CC1. The molecular formula is C12H11NO3. The van der Waals surface area contributed by atoms with Crippen LogP contribution in [-0.2, 0) is 9.59 Å². The smallest absolute Gasteiger partial charge is 0.311 e. The lowest BCUT2D eigenvalue weighted by Gasteiger charge is -2.19. The second kappa shape index (κ2) is 4.26. The number of aliphatic carboxylic acids is 1. The molecule has 1 aliphatic carbocycles. The Hall–Kier alpha value is -1.97. The zero-order chi connectivity index (χ0) is 11.5. The fourth-order valence-electron chi connectivity index (χ4n) is 1.86. The van der Waals surface area contributed by atoms with Gasteiger partial charge in [0.1, 0.15) is 0 Å². The van der Waals surface area contributed by atoms with E-state index in [1.54, 1.807) is 24.5 Å². The predicted octanol–water partition coefficient (Wildman–Crippen LogP) is 1.53. The van der Waals surface area contributed by atoms with E-state index in [2.05, 4.69) is 4.98 Å². The van der Waals surface area contributed by atoms with Gasteiger partial charge in [0.15, 0.2) is 5.78 Å². The van der Waals surface area contributed by atoms with Crippen LogP contribution in [0.15, 0.2) is 30.6 Å². The van der Waals surface area contributed by atoms with E-state index in [9.17, 15) is 9.59 Å². The maximum absolute atomic E-state index is 11.3. The van der Waals surface area contributed by atoms with E-state index in [0.717, 1.165) is 0 Å². The summed E-state index contributed by atoms with van der Waals surface area (Å²) in [6.45, 7) is 0. The summed E-state index contributed by atoms with van der Waals surface area (Å²) in [5.74, 6) is -1.50. The number of pyridine rings is 1. The lowest BCUT2D eigenvalue weighted by Crippen LogP contribution is -2.21. The van der Waals surface area contributed by atoms with Gasteiger partial charge in [-0.2, -0.15) is 0 Å². The Labute approximate surface area is 92.6 Å². The van der Waals surface area contributed by atoms with Gasteiger partial charge in [0.2, 0.25) is 0 Å². The van der Waals surface area contributed by atoms with Gasteiger partial charge in [-0.3, -0.25) is 14.6 Å². The van der Waals surface area contributed by atoms with Gasteiger partial charge in [-0.05, 0) is 29.7 Å². The first kappa shape index (κ1) is 10.5. The minimum atomic E-state index is -0.886. The minimum absolute atomic E-state index is 0.0173. The zero-order valence-corrected chi connectivity index (χ0v) is 8.59. The molecule has 4 nitrogen and oxygen atoms in total. The zero-order valence-electron chi connectivity index (χ0n) is 8.59. The van der Waals surface area contributed by atoms with E-state index in [1.807, 2.05) is 0 Å². The molecular weight excluding hydrogens is 206 g/mol. The molecule has 0 saturated heterocycles. The van der Waals surface area contributed by atoms with Crippen LogP contribution in [0.25, 0.3) is 5.57 Å². The molecule has 0 fully saturated rings. The number of aromatic nitrogens is 1. The summed E-state index contributed by atoms with van der Waals surface area (Å²) >= 11 is 0.